The van der Waals surface area contributed by atoms with E-state index in [4.69, 9.17) is 0 Å². The second kappa shape index (κ2) is 5.08. The summed E-state index contributed by atoms with van der Waals surface area (Å²) in [4.78, 5) is 0. The van der Waals surface area contributed by atoms with Gasteiger partial charge in [0.05, 0.1) is 0 Å². The van der Waals surface area contributed by atoms with Gasteiger partial charge in [-0.25, -0.2) is 0 Å². The van der Waals surface area contributed by atoms with Crippen LogP contribution in [0.3, 0.4) is 0 Å². The van der Waals surface area contributed by atoms with E-state index in [0.717, 1.165) is 0 Å². The molecule has 0 radical (unpaired) electrons. The molecule has 0 saturated carbocycles. The van der Waals surface area contributed by atoms with Gasteiger partial charge >= 0.3 is 0 Å². The van der Waals surface area contributed by atoms with E-state index >= 15 is 0 Å². The zero-order valence-corrected chi connectivity index (χ0v) is 16.3. The van der Waals surface area contributed by atoms with Crippen LogP contribution in [0, 0.1) is 10.8 Å². The maximum Gasteiger partial charge on any atom is 0.0358 e. The summed E-state index contributed by atoms with van der Waals surface area (Å²) in [5.41, 5.74) is 1.95. The van der Waals surface area contributed by atoms with Gasteiger partial charge in [0.2, 0.25) is 0 Å². The highest BCUT2D eigenvalue weighted by atomic mass is 32.1. The van der Waals surface area contributed by atoms with Crippen molar-refractivity contribution in [3.8, 4) is 0 Å². The topological polar surface area (TPSA) is 0 Å². The molecule has 3 aromatic rings. The lowest BCUT2D eigenvalue weighted by atomic mass is 9.53. The molecule has 0 fully saturated rings. The quantitative estimate of drug-likeness (QED) is 0.460. The molecule has 122 valence electrons. The van der Waals surface area contributed by atoms with Gasteiger partial charge in [-0.15, -0.1) is 11.3 Å². The molecule has 0 nitrogen and oxygen atoms in total. The minimum Gasteiger partial charge on any atom is -0.135 e. The number of rotatable bonds is 2. The van der Waals surface area contributed by atoms with Crippen LogP contribution in [-0.4, -0.2) is 0 Å². The molecule has 1 heteroatoms. The Hall–Kier alpha value is -1.34. The predicted molar refractivity (Wildman–Crippen MR) is 106 cm³/mol. The third-order valence-electron chi connectivity index (χ3n) is 6.51. The average molecular weight is 325 g/mol. The van der Waals surface area contributed by atoms with Crippen LogP contribution in [0.1, 0.15) is 54.0 Å². The normalized spacial score (nSPS) is 13.9. The van der Waals surface area contributed by atoms with Crippen LogP contribution < -0.4 is 0 Å². The molecule has 0 amide bonds. The van der Waals surface area contributed by atoms with Crippen molar-refractivity contribution in [3.05, 3.63) is 48.0 Å². The SMILES string of the molecule is CC(C)(C)C(C)(C)C(C)(C)c1cccc2sc3ccccc3c12. The summed E-state index contributed by atoms with van der Waals surface area (Å²) in [6, 6.07) is 15.7. The van der Waals surface area contributed by atoms with E-state index in [0.29, 0.717) is 0 Å². The van der Waals surface area contributed by atoms with Gasteiger partial charge in [0.25, 0.3) is 0 Å². The summed E-state index contributed by atoms with van der Waals surface area (Å²) in [6.45, 7) is 16.8. The fourth-order valence-corrected chi connectivity index (χ4v) is 4.70. The zero-order chi connectivity index (χ0) is 17.0. The molecule has 0 saturated heterocycles. The summed E-state index contributed by atoms with van der Waals surface area (Å²) in [5, 5.41) is 2.86. The Balaban J connectivity index is 2.36. The van der Waals surface area contributed by atoms with Gasteiger partial charge in [0.15, 0.2) is 0 Å². The van der Waals surface area contributed by atoms with Crippen LogP contribution in [0.25, 0.3) is 20.2 Å². The Morgan fingerprint density at radius 1 is 0.696 bits per heavy atom. The lowest BCUT2D eigenvalue weighted by Gasteiger charge is -2.51. The van der Waals surface area contributed by atoms with Crippen molar-refractivity contribution < 1.29 is 0 Å². The maximum absolute atomic E-state index is 2.42. The monoisotopic (exact) mass is 324 g/mol. The lowest BCUT2D eigenvalue weighted by molar-refractivity contribution is 0.0464. The molecule has 0 atom stereocenters. The van der Waals surface area contributed by atoms with E-state index in [1.165, 1.54) is 25.7 Å². The summed E-state index contributed by atoms with van der Waals surface area (Å²) in [6.07, 6.45) is 0. The van der Waals surface area contributed by atoms with Crippen molar-refractivity contribution >= 4 is 31.5 Å². The first-order chi connectivity index (χ1) is 10.6. The Bertz CT molecular complexity index is 856. The van der Waals surface area contributed by atoms with Gasteiger partial charge in [0, 0.05) is 20.2 Å². The van der Waals surface area contributed by atoms with Crippen molar-refractivity contribution in [1.82, 2.24) is 0 Å². The lowest BCUT2D eigenvalue weighted by Crippen LogP contribution is -2.45. The molecule has 0 bridgehead atoms. The van der Waals surface area contributed by atoms with Crippen molar-refractivity contribution in [2.75, 3.05) is 0 Å². The van der Waals surface area contributed by atoms with Crippen molar-refractivity contribution in [3.63, 3.8) is 0 Å². The van der Waals surface area contributed by atoms with E-state index < -0.39 is 0 Å². The van der Waals surface area contributed by atoms with E-state index in [-0.39, 0.29) is 16.2 Å². The molecule has 2 aromatic carbocycles. The smallest absolute Gasteiger partial charge is 0.0358 e. The molecular weight excluding hydrogens is 296 g/mol. The maximum atomic E-state index is 2.42. The van der Waals surface area contributed by atoms with Crippen LogP contribution in [0.4, 0.5) is 0 Å². The minimum absolute atomic E-state index is 0.0780. The van der Waals surface area contributed by atoms with Crippen molar-refractivity contribution in [2.45, 2.75) is 53.9 Å². The zero-order valence-electron chi connectivity index (χ0n) is 15.4. The van der Waals surface area contributed by atoms with Gasteiger partial charge < -0.3 is 0 Å². The Morgan fingerprint density at radius 3 is 1.96 bits per heavy atom. The third kappa shape index (κ3) is 2.32. The summed E-state index contributed by atoms with van der Waals surface area (Å²) in [5.74, 6) is 0. The standard InChI is InChI=1S/C22H28S/c1-20(2,3)22(6,7)21(4,5)16-12-10-14-18-19(16)15-11-8-9-13-17(15)23-18/h8-14H,1-7H3. The molecule has 23 heavy (non-hydrogen) atoms. The highest BCUT2D eigenvalue weighted by Gasteiger charge is 2.47. The van der Waals surface area contributed by atoms with E-state index in [1.54, 1.807) is 0 Å². The fraction of sp³-hybridized carbons (Fsp3) is 0.455. The number of hydrogen-bond donors (Lipinski definition) is 0. The number of hydrogen-bond acceptors (Lipinski definition) is 1. The van der Waals surface area contributed by atoms with Gasteiger partial charge in [-0.1, -0.05) is 78.8 Å². The van der Waals surface area contributed by atoms with Crippen LogP contribution in [-0.2, 0) is 5.41 Å². The van der Waals surface area contributed by atoms with Crippen LogP contribution in [0.15, 0.2) is 42.5 Å². The summed E-state index contributed by atoms with van der Waals surface area (Å²) < 4.78 is 2.79. The second-order valence-corrected chi connectivity index (χ2v) is 9.86. The first kappa shape index (κ1) is 16.5. The largest absolute Gasteiger partial charge is 0.135 e. The van der Waals surface area contributed by atoms with Crippen LogP contribution in [0.2, 0.25) is 0 Å². The highest BCUT2D eigenvalue weighted by Crippen LogP contribution is 2.54. The Labute approximate surface area is 144 Å². The van der Waals surface area contributed by atoms with Gasteiger partial charge in [-0.2, -0.15) is 0 Å². The van der Waals surface area contributed by atoms with Crippen molar-refractivity contribution in [1.29, 1.82) is 0 Å². The van der Waals surface area contributed by atoms with E-state index in [9.17, 15) is 0 Å². The molecule has 0 aliphatic carbocycles. The third-order valence-corrected chi connectivity index (χ3v) is 7.65. The molecule has 1 heterocycles. The van der Waals surface area contributed by atoms with E-state index in [1.807, 2.05) is 11.3 Å². The number of fused-ring (bicyclic) bond motifs is 3. The minimum atomic E-state index is 0.0780. The second-order valence-electron chi connectivity index (χ2n) is 8.78. The Morgan fingerprint density at radius 2 is 1.30 bits per heavy atom. The average Bonchev–Trinajstić information content (AvgIpc) is 2.84. The highest BCUT2D eigenvalue weighted by molar-refractivity contribution is 7.25. The molecular formula is C22H28S. The van der Waals surface area contributed by atoms with Gasteiger partial charge in [-0.05, 0) is 33.9 Å². The van der Waals surface area contributed by atoms with Crippen LogP contribution >= 0.6 is 11.3 Å². The van der Waals surface area contributed by atoms with Gasteiger partial charge in [0.1, 0.15) is 0 Å². The fourth-order valence-electron chi connectivity index (χ4n) is 3.57. The molecule has 0 spiro atoms. The van der Waals surface area contributed by atoms with Crippen molar-refractivity contribution in [2.24, 2.45) is 10.8 Å². The predicted octanol–water partition coefficient (Wildman–Crippen LogP) is 7.40. The van der Waals surface area contributed by atoms with Gasteiger partial charge in [-0.3, -0.25) is 0 Å². The Kier molecular flexibility index (Phi) is 3.65. The molecule has 3 rings (SSSR count). The number of benzene rings is 2. The molecule has 0 aliphatic heterocycles. The molecule has 0 aliphatic rings. The van der Waals surface area contributed by atoms with E-state index in [2.05, 4.69) is 90.9 Å². The molecule has 0 unspecified atom stereocenters. The molecule has 0 N–H and O–H groups in total. The van der Waals surface area contributed by atoms with Crippen LogP contribution in [0.5, 0.6) is 0 Å². The summed E-state index contributed by atoms with van der Waals surface area (Å²) >= 11 is 1.91. The molecule has 1 aromatic heterocycles. The summed E-state index contributed by atoms with van der Waals surface area (Å²) in [7, 11) is 0. The number of thiophene rings is 1. The first-order valence-electron chi connectivity index (χ1n) is 8.48. The first-order valence-corrected chi connectivity index (χ1v) is 9.30.